The lowest BCUT2D eigenvalue weighted by Gasteiger charge is -2.39. The van der Waals surface area contributed by atoms with E-state index in [-0.39, 0.29) is 23.8 Å². The van der Waals surface area contributed by atoms with Crippen LogP contribution in [0.2, 0.25) is 0 Å². The molecule has 7 heteroatoms. The van der Waals surface area contributed by atoms with Crippen molar-refractivity contribution in [3.05, 3.63) is 0 Å². The average molecular weight is 369 g/mol. The Bertz CT molecular complexity index is 464. The summed E-state index contributed by atoms with van der Waals surface area (Å²) in [6, 6.07) is -0.142. The van der Waals surface area contributed by atoms with Gasteiger partial charge in [0.25, 0.3) is 0 Å². The SMILES string of the molecule is CC(C(=O)N1CCCC(C(N)=O)C1)N1CCC(OCCCN(C)C)CC1. The van der Waals surface area contributed by atoms with Crippen molar-refractivity contribution in [2.75, 3.05) is 53.4 Å². The molecule has 2 amide bonds. The van der Waals surface area contributed by atoms with Gasteiger partial charge in [0.15, 0.2) is 0 Å². The summed E-state index contributed by atoms with van der Waals surface area (Å²) in [5, 5.41) is 0. The summed E-state index contributed by atoms with van der Waals surface area (Å²) >= 11 is 0. The van der Waals surface area contributed by atoms with Gasteiger partial charge in [0.2, 0.25) is 11.8 Å². The third-order valence-corrected chi connectivity index (χ3v) is 5.62. The molecule has 2 atom stereocenters. The zero-order valence-corrected chi connectivity index (χ0v) is 16.7. The number of ether oxygens (including phenoxy) is 1. The fraction of sp³-hybridized carbons (Fsp3) is 0.895. The van der Waals surface area contributed by atoms with Gasteiger partial charge < -0.3 is 20.3 Å². The molecule has 150 valence electrons. The molecule has 2 aliphatic rings. The number of primary amides is 1. The molecule has 2 aliphatic heterocycles. The van der Waals surface area contributed by atoms with E-state index < -0.39 is 0 Å². The minimum Gasteiger partial charge on any atom is -0.378 e. The van der Waals surface area contributed by atoms with Crippen molar-refractivity contribution in [1.29, 1.82) is 0 Å². The molecular formula is C19H36N4O3. The molecule has 2 N–H and O–H groups in total. The topological polar surface area (TPSA) is 79.1 Å². The van der Waals surface area contributed by atoms with E-state index in [0.29, 0.717) is 12.6 Å². The Balaban J connectivity index is 1.72. The van der Waals surface area contributed by atoms with Crippen LogP contribution in [-0.2, 0) is 14.3 Å². The minimum absolute atomic E-state index is 0.126. The molecule has 2 fully saturated rings. The van der Waals surface area contributed by atoms with Crippen LogP contribution in [0.3, 0.4) is 0 Å². The van der Waals surface area contributed by atoms with Gasteiger partial charge in [-0.15, -0.1) is 0 Å². The first-order valence-corrected chi connectivity index (χ1v) is 9.97. The number of carbonyl (C=O) groups is 2. The highest BCUT2D eigenvalue weighted by atomic mass is 16.5. The standard InChI is InChI=1S/C19H36N4O3/c1-15(19(25)23-10-4-6-16(14-23)18(20)24)22-11-7-17(8-12-22)26-13-5-9-21(2)3/h15-17H,4-14H2,1-3H3,(H2,20,24). The Hall–Kier alpha value is -1.18. The average Bonchev–Trinajstić information content (AvgIpc) is 2.64. The molecule has 2 rings (SSSR count). The Morgan fingerprint density at radius 2 is 1.88 bits per heavy atom. The maximum atomic E-state index is 12.8. The second-order valence-corrected chi connectivity index (χ2v) is 7.96. The van der Waals surface area contributed by atoms with Crippen molar-refractivity contribution >= 4 is 11.8 Å². The van der Waals surface area contributed by atoms with Gasteiger partial charge in [-0.3, -0.25) is 14.5 Å². The molecule has 26 heavy (non-hydrogen) atoms. The first-order chi connectivity index (χ1) is 12.4. The molecule has 0 saturated carbocycles. The maximum Gasteiger partial charge on any atom is 0.239 e. The summed E-state index contributed by atoms with van der Waals surface area (Å²) in [5.41, 5.74) is 5.43. The highest BCUT2D eigenvalue weighted by molar-refractivity contribution is 5.83. The smallest absolute Gasteiger partial charge is 0.239 e. The summed E-state index contributed by atoms with van der Waals surface area (Å²) in [7, 11) is 4.15. The van der Waals surface area contributed by atoms with Crippen LogP contribution in [-0.4, -0.2) is 92.1 Å². The molecule has 0 aromatic rings. The van der Waals surface area contributed by atoms with Crippen molar-refractivity contribution in [2.45, 2.75) is 51.2 Å². The monoisotopic (exact) mass is 368 g/mol. The van der Waals surface area contributed by atoms with Gasteiger partial charge in [-0.05, 0) is 59.7 Å². The maximum absolute atomic E-state index is 12.8. The zero-order chi connectivity index (χ0) is 19.1. The second kappa shape index (κ2) is 10.2. The first kappa shape index (κ1) is 21.1. The molecule has 0 aromatic carbocycles. The second-order valence-electron chi connectivity index (χ2n) is 7.96. The third-order valence-electron chi connectivity index (χ3n) is 5.62. The summed E-state index contributed by atoms with van der Waals surface area (Å²) < 4.78 is 5.98. The van der Waals surface area contributed by atoms with E-state index in [1.807, 2.05) is 11.8 Å². The summed E-state index contributed by atoms with van der Waals surface area (Å²) in [6.07, 6.45) is 4.97. The largest absolute Gasteiger partial charge is 0.378 e. The number of carbonyl (C=O) groups excluding carboxylic acids is 2. The number of hydrogen-bond acceptors (Lipinski definition) is 5. The number of piperidine rings is 2. The molecule has 0 aliphatic carbocycles. The molecule has 2 saturated heterocycles. The van der Waals surface area contributed by atoms with Crippen LogP contribution in [0.5, 0.6) is 0 Å². The van der Waals surface area contributed by atoms with Crippen LogP contribution >= 0.6 is 0 Å². The molecule has 2 unspecified atom stereocenters. The quantitative estimate of drug-likeness (QED) is 0.633. The Morgan fingerprint density at radius 1 is 1.19 bits per heavy atom. The van der Waals surface area contributed by atoms with Gasteiger partial charge in [0.1, 0.15) is 0 Å². The number of nitrogens with two attached hydrogens (primary N) is 1. The van der Waals surface area contributed by atoms with Crippen molar-refractivity contribution in [3.63, 3.8) is 0 Å². The number of rotatable bonds is 8. The van der Waals surface area contributed by atoms with Crippen LogP contribution in [0.1, 0.15) is 39.0 Å². The van der Waals surface area contributed by atoms with E-state index in [2.05, 4.69) is 23.9 Å². The predicted molar refractivity (Wildman–Crippen MR) is 102 cm³/mol. The van der Waals surface area contributed by atoms with E-state index in [1.54, 1.807) is 0 Å². The van der Waals surface area contributed by atoms with E-state index in [0.717, 1.165) is 64.9 Å². The lowest BCUT2D eigenvalue weighted by molar-refractivity contribution is -0.140. The fourth-order valence-electron chi connectivity index (χ4n) is 3.89. The van der Waals surface area contributed by atoms with Gasteiger partial charge >= 0.3 is 0 Å². The molecule has 0 bridgehead atoms. The summed E-state index contributed by atoms with van der Waals surface area (Å²) in [5.74, 6) is -0.357. The Labute approximate surface area is 157 Å². The lowest BCUT2D eigenvalue weighted by Crippen LogP contribution is -2.53. The lowest BCUT2D eigenvalue weighted by atomic mass is 9.96. The minimum atomic E-state index is -0.289. The van der Waals surface area contributed by atoms with Crippen molar-refractivity contribution in [1.82, 2.24) is 14.7 Å². The van der Waals surface area contributed by atoms with Crippen LogP contribution in [0, 0.1) is 5.92 Å². The molecule has 7 nitrogen and oxygen atoms in total. The number of amides is 2. The Kier molecular flexibility index (Phi) is 8.31. The number of nitrogens with zero attached hydrogens (tertiary/aromatic N) is 3. The van der Waals surface area contributed by atoms with E-state index >= 15 is 0 Å². The molecule has 0 radical (unpaired) electrons. The van der Waals surface area contributed by atoms with Crippen LogP contribution < -0.4 is 5.73 Å². The normalized spacial score (nSPS) is 24.0. The van der Waals surface area contributed by atoms with Gasteiger partial charge in [0, 0.05) is 32.8 Å². The molecule has 0 spiro atoms. The van der Waals surface area contributed by atoms with Gasteiger partial charge in [-0.1, -0.05) is 0 Å². The van der Waals surface area contributed by atoms with Crippen LogP contribution in [0.25, 0.3) is 0 Å². The molecule has 2 heterocycles. The summed E-state index contributed by atoms with van der Waals surface area (Å²) in [4.78, 5) is 30.5. The fourth-order valence-corrected chi connectivity index (χ4v) is 3.89. The van der Waals surface area contributed by atoms with Crippen molar-refractivity contribution in [2.24, 2.45) is 11.7 Å². The van der Waals surface area contributed by atoms with Crippen LogP contribution in [0.15, 0.2) is 0 Å². The molecule has 0 aromatic heterocycles. The van der Waals surface area contributed by atoms with Crippen molar-refractivity contribution < 1.29 is 14.3 Å². The highest BCUT2D eigenvalue weighted by Crippen LogP contribution is 2.21. The van der Waals surface area contributed by atoms with Gasteiger partial charge in [-0.2, -0.15) is 0 Å². The van der Waals surface area contributed by atoms with Gasteiger partial charge in [0.05, 0.1) is 18.1 Å². The van der Waals surface area contributed by atoms with E-state index in [9.17, 15) is 9.59 Å². The Morgan fingerprint density at radius 3 is 2.50 bits per heavy atom. The summed E-state index contributed by atoms with van der Waals surface area (Å²) in [6.45, 7) is 6.82. The van der Waals surface area contributed by atoms with Gasteiger partial charge in [-0.25, -0.2) is 0 Å². The van der Waals surface area contributed by atoms with Crippen LogP contribution in [0.4, 0.5) is 0 Å². The number of likely N-dealkylation sites (tertiary alicyclic amines) is 2. The highest BCUT2D eigenvalue weighted by Gasteiger charge is 2.33. The first-order valence-electron chi connectivity index (χ1n) is 9.97. The number of hydrogen-bond donors (Lipinski definition) is 1. The zero-order valence-electron chi connectivity index (χ0n) is 16.7. The third kappa shape index (κ3) is 6.21. The van der Waals surface area contributed by atoms with E-state index in [1.165, 1.54) is 0 Å². The molecular weight excluding hydrogens is 332 g/mol. The van der Waals surface area contributed by atoms with E-state index in [4.69, 9.17) is 10.5 Å². The predicted octanol–water partition coefficient (Wildman–Crippen LogP) is 0.532. The van der Waals surface area contributed by atoms with Crippen molar-refractivity contribution in [3.8, 4) is 0 Å².